The Kier molecular flexibility index (Phi) is 5.93. The maximum atomic E-state index is 13.4. The predicted molar refractivity (Wildman–Crippen MR) is 105 cm³/mol. The smallest absolute Gasteiger partial charge is 0.419 e. The first-order valence-corrected chi connectivity index (χ1v) is 11.1. The van der Waals surface area contributed by atoms with Crippen molar-refractivity contribution in [3.05, 3.63) is 44.3 Å². The summed E-state index contributed by atoms with van der Waals surface area (Å²) in [6, 6.07) is 3.37. The SMILES string of the molecule is C[C@@]1(Oc2cc(NS(=O)(=O)c3cc([N+](=O)[O-])c(Cl)s3)ccc2C(F)(F)F)CCNC1. The molecule has 0 bridgehead atoms. The molecule has 164 valence electrons. The van der Waals surface area contributed by atoms with Gasteiger partial charge in [-0.25, -0.2) is 8.42 Å². The molecule has 2 aromatic rings. The fourth-order valence-electron chi connectivity index (χ4n) is 2.85. The highest BCUT2D eigenvalue weighted by molar-refractivity contribution is 7.94. The first kappa shape index (κ1) is 22.6. The van der Waals surface area contributed by atoms with E-state index in [4.69, 9.17) is 16.3 Å². The normalized spacial score (nSPS) is 19.6. The van der Waals surface area contributed by atoms with Crippen molar-refractivity contribution in [3.63, 3.8) is 0 Å². The Hall–Kier alpha value is -2.09. The van der Waals surface area contributed by atoms with Crippen molar-refractivity contribution in [2.75, 3.05) is 17.8 Å². The third-order valence-electron chi connectivity index (χ3n) is 4.33. The minimum atomic E-state index is -4.71. The zero-order valence-corrected chi connectivity index (χ0v) is 17.6. The third-order valence-corrected chi connectivity index (χ3v) is 7.53. The minimum absolute atomic E-state index is 0.195. The number of rotatable bonds is 6. The van der Waals surface area contributed by atoms with Gasteiger partial charge in [0, 0.05) is 25.1 Å². The number of sulfonamides is 1. The van der Waals surface area contributed by atoms with Crippen LogP contribution in [0.1, 0.15) is 18.9 Å². The van der Waals surface area contributed by atoms with Gasteiger partial charge in [0.2, 0.25) is 0 Å². The Morgan fingerprint density at radius 2 is 2.07 bits per heavy atom. The molecule has 1 saturated heterocycles. The first-order chi connectivity index (χ1) is 13.8. The van der Waals surface area contributed by atoms with E-state index in [1.165, 1.54) is 0 Å². The summed E-state index contributed by atoms with van der Waals surface area (Å²) in [7, 11) is -4.33. The molecule has 3 rings (SSSR count). The Morgan fingerprint density at radius 1 is 1.37 bits per heavy atom. The lowest BCUT2D eigenvalue weighted by Crippen LogP contribution is -2.35. The zero-order valence-electron chi connectivity index (χ0n) is 15.2. The number of nitrogens with one attached hydrogen (secondary N) is 2. The summed E-state index contributed by atoms with van der Waals surface area (Å²) < 4.78 is 72.2. The predicted octanol–water partition coefficient (Wildman–Crippen LogP) is 4.26. The van der Waals surface area contributed by atoms with Crippen molar-refractivity contribution in [2.24, 2.45) is 0 Å². The van der Waals surface area contributed by atoms with Crippen molar-refractivity contribution in [2.45, 2.75) is 29.3 Å². The van der Waals surface area contributed by atoms with Gasteiger partial charge in [0.1, 0.15) is 15.6 Å². The van der Waals surface area contributed by atoms with Crippen LogP contribution in [0.15, 0.2) is 28.5 Å². The van der Waals surface area contributed by atoms with Gasteiger partial charge in [-0.05, 0) is 25.6 Å². The summed E-state index contributed by atoms with van der Waals surface area (Å²) in [6.45, 7) is 2.55. The number of hydrogen-bond acceptors (Lipinski definition) is 7. The van der Waals surface area contributed by atoms with Crippen LogP contribution in [-0.2, 0) is 16.2 Å². The summed E-state index contributed by atoms with van der Waals surface area (Å²) >= 11 is 6.15. The molecule has 0 saturated carbocycles. The lowest BCUT2D eigenvalue weighted by atomic mass is 10.1. The molecule has 8 nitrogen and oxygen atoms in total. The van der Waals surface area contributed by atoms with Crippen molar-refractivity contribution >= 4 is 44.3 Å². The van der Waals surface area contributed by atoms with Gasteiger partial charge in [-0.2, -0.15) is 13.2 Å². The minimum Gasteiger partial charge on any atom is -0.485 e. The molecular weight excluding hydrogens is 471 g/mol. The van der Waals surface area contributed by atoms with Gasteiger partial charge in [0.25, 0.3) is 15.7 Å². The third kappa shape index (κ3) is 4.79. The Balaban J connectivity index is 1.95. The lowest BCUT2D eigenvalue weighted by Gasteiger charge is -2.27. The van der Waals surface area contributed by atoms with Gasteiger partial charge in [0.15, 0.2) is 4.34 Å². The molecule has 1 aromatic carbocycles. The van der Waals surface area contributed by atoms with E-state index in [2.05, 4.69) is 10.0 Å². The number of ether oxygens (including phenoxy) is 1. The Bertz CT molecular complexity index is 1080. The second kappa shape index (κ2) is 7.87. The average Bonchev–Trinajstić information content (AvgIpc) is 3.20. The maximum absolute atomic E-state index is 13.4. The van der Waals surface area contributed by atoms with E-state index >= 15 is 0 Å². The molecule has 2 N–H and O–H groups in total. The van der Waals surface area contributed by atoms with Crippen molar-refractivity contribution < 1.29 is 31.2 Å². The average molecular weight is 486 g/mol. The van der Waals surface area contributed by atoms with E-state index in [0.29, 0.717) is 36.9 Å². The molecular formula is C16H15ClF3N3O5S2. The van der Waals surface area contributed by atoms with E-state index in [9.17, 15) is 31.7 Å². The Morgan fingerprint density at radius 3 is 2.60 bits per heavy atom. The maximum Gasteiger partial charge on any atom is 0.419 e. The fraction of sp³-hybridized carbons (Fsp3) is 0.375. The molecule has 14 heteroatoms. The van der Waals surface area contributed by atoms with Crippen LogP contribution in [0, 0.1) is 10.1 Å². The number of benzene rings is 1. The van der Waals surface area contributed by atoms with Gasteiger partial charge in [-0.3, -0.25) is 14.8 Å². The largest absolute Gasteiger partial charge is 0.485 e. The van der Waals surface area contributed by atoms with Crippen LogP contribution in [0.25, 0.3) is 0 Å². The number of halogens is 4. The van der Waals surface area contributed by atoms with Crippen LogP contribution in [0.4, 0.5) is 24.5 Å². The van der Waals surface area contributed by atoms with Gasteiger partial charge in [-0.1, -0.05) is 11.6 Å². The van der Waals surface area contributed by atoms with E-state index in [1.807, 2.05) is 0 Å². The summed E-state index contributed by atoms with van der Waals surface area (Å²) in [6.07, 6.45) is -4.24. The summed E-state index contributed by atoms with van der Waals surface area (Å²) in [5.41, 5.74) is -2.72. The highest BCUT2D eigenvalue weighted by Gasteiger charge is 2.38. The molecule has 1 fully saturated rings. The van der Waals surface area contributed by atoms with Crippen molar-refractivity contribution in [1.29, 1.82) is 0 Å². The molecule has 0 spiro atoms. The highest BCUT2D eigenvalue weighted by Crippen LogP contribution is 2.41. The molecule has 2 heterocycles. The van der Waals surface area contributed by atoms with Crippen LogP contribution >= 0.6 is 22.9 Å². The van der Waals surface area contributed by atoms with Gasteiger partial charge >= 0.3 is 6.18 Å². The zero-order chi connectivity index (χ0) is 22.3. The van der Waals surface area contributed by atoms with Gasteiger partial charge in [-0.15, -0.1) is 11.3 Å². The molecule has 1 aliphatic heterocycles. The Labute approximate surface area is 178 Å². The highest BCUT2D eigenvalue weighted by atomic mass is 35.5. The molecule has 0 radical (unpaired) electrons. The second-order valence-electron chi connectivity index (χ2n) is 6.77. The quantitative estimate of drug-likeness (QED) is 0.467. The topological polar surface area (TPSA) is 111 Å². The van der Waals surface area contributed by atoms with E-state index in [1.54, 1.807) is 6.92 Å². The van der Waals surface area contributed by atoms with Crippen LogP contribution in [0.3, 0.4) is 0 Å². The number of anilines is 1. The molecule has 1 aromatic heterocycles. The summed E-state index contributed by atoms with van der Waals surface area (Å²) in [5.74, 6) is -0.524. The molecule has 0 aliphatic carbocycles. The standard InChI is InChI=1S/C16H15ClF3N3O5S2/c1-15(4-5-21-8-15)28-12-6-9(2-3-10(12)16(18,19)20)22-30(26,27)13-7-11(23(24)25)14(17)29-13/h2-3,6-7,21-22H,4-5,8H2,1H3/t15-/m1/s1. The van der Waals surface area contributed by atoms with Crippen LogP contribution < -0.4 is 14.8 Å². The van der Waals surface area contributed by atoms with Gasteiger partial charge in [0.05, 0.1) is 16.2 Å². The fourth-order valence-corrected chi connectivity index (χ4v) is 5.57. The van der Waals surface area contributed by atoms with E-state index in [-0.39, 0.29) is 10.0 Å². The number of alkyl halides is 3. The van der Waals surface area contributed by atoms with E-state index in [0.717, 1.165) is 18.2 Å². The molecule has 1 atom stereocenters. The van der Waals surface area contributed by atoms with Gasteiger partial charge < -0.3 is 10.1 Å². The molecule has 0 amide bonds. The number of thiophene rings is 1. The number of hydrogen-bond donors (Lipinski definition) is 2. The van der Waals surface area contributed by atoms with Crippen LogP contribution in [-0.4, -0.2) is 32.0 Å². The van der Waals surface area contributed by atoms with Crippen LogP contribution in [0.2, 0.25) is 4.34 Å². The monoisotopic (exact) mass is 485 g/mol. The molecule has 30 heavy (non-hydrogen) atoms. The lowest BCUT2D eigenvalue weighted by molar-refractivity contribution is -0.384. The summed E-state index contributed by atoms with van der Waals surface area (Å²) in [5, 5.41) is 13.9. The molecule has 1 aliphatic rings. The first-order valence-electron chi connectivity index (χ1n) is 8.38. The molecule has 0 unspecified atom stereocenters. The van der Waals surface area contributed by atoms with E-state index < -0.39 is 47.9 Å². The second-order valence-corrected chi connectivity index (χ2v) is 10.3. The van der Waals surface area contributed by atoms with Crippen LogP contribution in [0.5, 0.6) is 5.75 Å². The summed E-state index contributed by atoms with van der Waals surface area (Å²) in [4.78, 5) is 10.0. The number of nitrogens with zero attached hydrogens (tertiary/aromatic N) is 1. The van der Waals surface area contributed by atoms with Crippen molar-refractivity contribution in [1.82, 2.24) is 5.32 Å². The van der Waals surface area contributed by atoms with Crippen molar-refractivity contribution in [3.8, 4) is 5.75 Å². The number of nitro groups is 1.